The lowest BCUT2D eigenvalue weighted by atomic mass is 10.1. The minimum Gasteiger partial charge on any atom is -0.121 e. The van der Waals surface area contributed by atoms with Gasteiger partial charge in [-0.2, -0.15) is 0 Å². The van der Waals surface area contributed by atoms with Gasteiger partial charge in [0.05, 0.1) is 5.02 Å². The fraction of sp³-hybridized carbons (Fsp3) is 0.250. The minimum absolute atomic E-state index is 0.462. The summed E-state index contributed by atoms with van der Waals surface area (Å²) in [6.07, 6.45) is 0. The molecule has 60 valence electrons. The fourth-order valence-electron chi connectivity index (χ4n) is 0.853. The summed E-state index contributed by atoms with van der Waals surface area (Å²) in [7, 11) is 0. The van der Waals surface area contributed by atoms with E-state index in [0.717, 1.165) is 20.6 Å². The third kappa shape index (κ3) is 1.90. The van der Waals surface area contributed by atoms with Gasteiger partial charge in [0.1, 0.15) is 0 Å². The van der Waals surface area contributed by atoms with Crippen LogP contribution in [-0.2, 0) is 5.88 Å². The molecule has 0 unspecified atom stereocenters. The molecule has 0 amide bonds. The molecule has 0 radical (unpaired) electrons. The summed E-state index contributed by atoms with van der Waals surface area (Å²) in [6.45, 7) is 2.00. The van der Waals surface area contributed by atoms with Crippen molar-refractivity contribution in [3.8, 4) is 0 Å². The van der Waals surface area contributed by atoms with Crippen molar-refractivity contribution in [2.24, 2.45) is 0 Å². The highest BCUT2D eigenvalue weighted by Crippen LogP contribution is 2.29. The zero-order chi connectivity index (χ0) is 8.43. The first kappa shape index (κ1) is 9.37. The lowest BCUT2D eigenvalue weighted by Gasteiger charge is -2.05. The van der Waals surface area contributed by atoms with Gasteiger partial charge in [-0.1, -0.05) is 17.7 Å². The number of rotatable bonds is 1. The number of hydrogen-bond donors (Lipinski definition) is 0. The Morgan fingerprint density at radius 2 is 2.09 bits per heavy atom. The fourth-order valence-corrected chi connectivity index (χ4v) is 1.92. The number of benzene rings is 1. The van der Waals surface area contributed by atoms with Crippen LogP contribution >= 0.6 is 39.1 Å². The average molecular weight is 254 g/mol. The molecular weight excluding hydrogens is 247 g/mol. The Kier molecular flexibility index (Phi) is 3.23. The molecule has 0 nitrogen and oxygen atoms in total. The van der Waals surface area contributed by atoms with E-state index < -0.39 is 0 Å². The van der Waals surface area contributed by atoms with Crippen LogP contribution in [0.5, 0.6) is 0 Å². The first-order valence-corrected chi connectivity index (χ1v) is 4.86. The zero-order valence-corrected chi connectivity index (χ0v) is 9.09. The van der Waals surface area contributed by atoms with Gasteiger partial charge in [0.15, 0.2) is 0 Å². The summed E-state index contributed by atoms with van der Waals surface area (Å²) < 4.78 is 0.903. The van der Waals surface area contributed by atoms with Crippen LogP contribution < -0.4 is 0 Å². The number of hydrogen-bond acceptors (Lipinski definition) is 0. The van der Waals surface area contributed by atoms with Crippen LogP contribution in [0, 0.1) is 6.92 Å². The molecule has 0 atom stereocenters. The summed E-state index contributed by atoms with van der Waals surface area (Å²) in [5, 5.41) is 0.722. The average Bonchev–Trinajstić information content (AvgIpc) is 1.99. The van der Waals surface area contributed by atoms with Crippen molar-refractivity contribution in [2.45, 2.75) is 12.8 Å². The Balaban J connectivity index is 3.29. The second-order valence-electron chi connectivity index (χ2n) is 2.29. The first-order valence-electron chi connectivity index (χ1n) is 3.16. The second-order valence-corrected chi connectivity index (χ2v) is 3.79. The minimum atomic E-state index is 0.462. The van der Waals surface area contributed by atoms with E-state index >= 15 is 0 Å². The van der Waals surface area contributed by atoms with Gasteiger partial charge in [0.2, 0.25) is 0 Å². The van der Waals surface area contributed by atoms with E-state index in [1.807, 2.05) is 19.1 Å². The van der Waals surface area contributed by atoms with Crippen molar-refractivity contribution in [1.29, 1.82) is 0 Å². The molecule has 0 fully saturated rings. The third-order valence-electron chi connectivity index (χ3n) is 1.56. The summed E-state index contributed by atoms with van der Waals surface area (Å²) in [6, 6.07) is 3.92. The van der Waals surface area contributed by atoms with E-state index in [-0.39, 0.29) is 0 Å². The molecule has 0 aromatic heterocycles. The maximum absolute atomic E-state index is 5.97. The highest BCUT2D eigenvalue weighted by molar-refractivity contribution is 9.10. The predicted octanol–water partition coefficient (Wildman–Crippen LogP) is 4.15. The van der Waals surface area contributed by atoms with Crippen molar-refractivity contribution in [3.63, 3.8) is 0 Å². The number of aryl methyl sites for hydroxylation is 1. The first-order chi connectivity index (χ1) is 5.16. The van der Waals surface area contributed by atoms with Gasteiger partial charge in [-0.25, -0.2) is 0 Å². The maximum atomic E-state index is 5.97. The maximum Gasteiger partial charge on any atom is 0.0594 e. The Morgan fingerprint density at radius 1 is 1.45 bits per heavy atom. The standard InChI is InChI=1S/C8H7BrCl2/c1-5-2-3-7(9)8(11)6(5)4-10/h2-3H,4H2,1H3. The van der Waals surface area contributed by atoms with Gasteiger partial charge in [-0.15, -0.1) is 11.6 Å². The highest BCUT2D eigenvalue weighted by atomic mass is 79.9. The van der Waals surface area contributed by atoms with Crippen molar-refractivity contribution < 1.29 is 0 Å². The van der Waals surface area contributed by atoms with Crippen molar-refractivity contribution in [1.82, 2.24) is 0 Å². The van der Waals surface area contributed by atoms with Crippen LogP contribution in [0.3, 0.4) is 0 Å². The molecule has 0 aliphatic rings. The third-order valence-corrected chi connectivity index (χ3v) is 3.15. The summed E-state index contributed by atoms with van der Waals surface area (Å²) >= 11 is 15.0. The van der Waals surface area contributed by atoms with Crippen LogP contribution in [0.4, 0.5) is 0 Å². The van der Waals surface area contributed by atoms with Gasteiger partial charge in [0.25, 0.3) is 0 Å². The Hall–Kier alpha value is 0.280. The molecule has 3 heteroatoms. The monoisotopic (exact) mass is 252 g/mol. The van der Waals surface area contributed by atoms with Gasteiger partial charge in [0, 0.05) is 10.4 Å². The molecule has 0 saturated carbocycles. The Morgan fingerprint density at radius 3 is 2.55 bits per heavy atom. The molecule has 0 aliphatic carbocycles. The summed E-state index contributed by atoms with van der Waals surface area (Å²) in [5.74, 6) is 0.462. The van der Waals surface area contributed by atoms with E-state index in [1.165, 1.54) is 0 Å². The van der Waals surface area contributed by atoms with Gasteiger partial charge in [-0.3, -0.25) is 0 Å². The normalized spacial score (nSPS) is 10.2. The number of halogens is 3. The molecule has 0 N–H and O–H groups in total. The van der Waals surface area contributed by atoms with Crippen LogP contribution in [0.25, 0.3) is 0 Å². The van der Waals surface area contributed by atoms with Crippen molar-refractivity contribution in [3.05, 3.63) is 32.8 Å². The molecule has 0 aliphatic heterocycles. The predicted molar refractivity (Wildman–Crippen MR) is 53.4 cm³/mol. The van der Waals surface area contributed by atoms with Crippen molar-refractivity contribution in [2.75, 3.05) is 0 Å². The van der Waals surface area contributed by atoms with Crippen LogP contribution in [0.15, 0.2) is 16.6 Å². The van der Waals surface area contributed by atoms with Crippen LogP contribution in [-0.4, -0.2) is 0 Å². The molecule has 0 spiro atoms. The SMILES string of the molecule is Cc1ccc(Br)c(Cl)c1CCl. The van der Waals surface area contributed by atoms with Crippen LogP contribution in [0.2, 0.25) is 5.02 Å². The van der Waals surface area contributed by atoms with Crippen molar-refractivity contribution >= 4 is 39.1 Å². The molecule has 0 bridgehead atoms. The van der Waals surface area contributed by atoms with Gasteiger partial charge >= 0.3 is 0 Å². The van der Waals surface area contributed by atoms with E-state index in [1.54, 1.807) is 0 Å². The molecule has 1 rings (SSSR count). The van der Waals surface area contributed by atoms with E-state index in [2.05, 4.69) is 15.9 Å². The molecule has 0 heterocycles. The second kappa shape index (κ2) is 3.79. The molecule has 0 saturated heterocycles. The quantitative estimate of drug-likeness (QED) is 0.660. The largest absolute Gasteiger partial charge is 0.121 e. The van der Waals surface area contributed by atoms with E-state index in [4.69, 9.17) is 23.2 Å². The summed E-state index contributed by atoms with van der Waals surface area (Å²) in [4.78, 5) is 0. The zero-order valence-electron chi connectivity index (χ0n) is 6.00. The Labute approximate surface area is 84.6 Å². The van der Waals surface area contributed by atoms with E-state index in [9.17, 15) is 0 Å². The lowest BCUT2D eigenvalue weighted by molar-refractivity contribution is 1.29. The smallest absolute Gasteiger partial charge is 0.0594 e. The van der Waals surface area contributed by atoms with Gasteiger partial charge in [-0.05, 0) is 40.0 Å². The molecule has 11 heavy (non-hydrogen) atoms. The van der Waals surface area contributed by atoms with Crippen LogP contribution in [0.1, 0.15) is 11.1 Å². The topological polar surface area (TPSA) is 0 Å². The highest BCUT2D eigenvalue weighted by Gasteiger charge is 2.05. The summed E-state index contributed by atoms with van der Waals surface area (Å²) in [5.41, 5.74) is 2.14. The Bertz CT molecular complexity index is 271. The number of alkyl halides is 1. The molecular formula is C8H7BrCl2. The molecule has 1 aromatic carbocycles. The molecule has 1 aromatic rings. The lowest BCUT2D eigenvalue weighted by Crippen LogP contribution is -1.86. The van der Waals surface area contributed by atoms with E-state index in [0.29, 0.717) is 5.88 Å². The van der Waals surface area contributed by atoms with Gasteiger partial charge < -0.3 is 0 Å².